The highest BCUT2D eigenvalue weighted by molar-refractivity contribution is 7.89. The van der Waals surface area contributed by atoms with Crippen molar-refractivity contribution in [3.05, 3.63) is 60.2 Å². The molecule has 0 heterocycles. The minimum Gasteiger partial charge on any atom is -0.497 e. The topological polar surface area (TPSA) is 140 Å². The number of urea groups is 1. The number of hydrogen-bond donors (Lipinski definition) is 3. The summed E-state index contributed by atoms with van der Waals surface area (Å²) in [4.78, 5) is 36.4. The Hall–Kier alpha value is -3.44. The van der Waals surface area contributed by atoms with E-state index in [1.54, 1.807) is 18.2 Å². The van der Waals surface area contributed by atoms with E-state index in [1.165, 1.54) is 57.5 Å². The molecule has 0 aliphatic carbocycles. The molecule has 0 aromatic heterocycles. The second-order valence-corrected chi connectivity index (χ2v) is 8.03. The standard InChI is InChI=1S/C20H23N3O7S/c1-13(23-31(27,28)16-11-9-15(29-3)10-12-16)19(25)30-17(14-7-5-4-6-8-14)18(24)22-20(26)21-2/h4-13,17,23H,1-3H3,(H2,21,22,24,26). The van der Waals surface area contributed by atoms with E-state index < -0.39 is 40.1 Å². The number of methoxy groups -OCH3 is 1. The van der Waals surface area contributed by atoms with E-state index in [2.05, 4.69) is 10.0 Å². The van der Waals surface area contributed by atoms with E-state index in [0.29, 0.717) is 11.3 Å². The summed E-state index contributed by atoms with van der Waals surface area (Å²) in [5.41, 5.74) is 0.308. The maximum Gasteiger partial charge on any atom is 0.325 e. The molecule has 0 aliphatic heterocycles. The van der Waals surface area contributed by atoms with Crippen LogP contribution >= 0.6 is 0 Å². The molecule has 10 nitrogen and oxygen atoms in total. The van der Waals surface area contributed by atoms with Crippen LogP contribution in [0.15, 0.2) is 59.5 Å². The van der Waals surface area contributed by atoms with Crippen molar-refractivity contribution in [2.45, 2.75) is 24.0 Å². The molecule has 2 rings (SSSR count). The van der Waals surface area contributed by atoms with Crippen LogP contribution in [0.3, 0.4) is 0 Å². The zero-order valence-electron chi connectivity index (χ0n) is 17.1. The first-order valence-corrected chi connectivity index (χ1v) is 10.6. The smallest absolute Gasteiger partial charge is 0.325 e. The number of hydrogen-bond acceptors (Lipinski definition) is 7. The molecule has 166 valence electrons. The van der Waals surface area contributed by atoms with Gasteiger partial charge in [0.25, 0.3) is 5.91 Å². The Kier molecular flexibility index (Phi) is 8.11. The van der Waals surface area contributed by atoms with Gasteiger partial charge in [-0.25, -0.2) is 13.2 Å². The molecule has 11 heteroatoms. The van der Waals surface area contributed by atoms with Crippen LogP contribution < -0.4 is 20.1 Å². The number of carbonyl (C=O) groups is 3. The molecular weight excluding hydrogens is 426 g/mol. The van der Waals surface area contributed by atoms with Crippen LogP contribution in [0.25, 0.3) is 0 Å². The van der Waals surface area contributed by atoms with Crippen molar-refractivity contribution in [3.63, 3.8) is 0 Å². The van der Waals surface area contributed by atoms with Gasteiger partial charge in [-0.05, 0) is 31.2 Å². The third-order valence-electron chi connectivity index (χ3n) is 4.09. The minimum atomic E-state index is -4.04. The Morgan fingerprint density at radius 2 is 1.58 bits per heavy atom. The van der Waals surface area contributed by atoms with E-state index in [4.69, 9.17) is 9.47 Å². The lowest BCUT2D eigenvalue weighted by Gasteiger charge is -2.20. The summed E-state index contributed by atoms with van der Waals surface area (Å²) in [5.74, 6) is -1.42. The highest BCUT2D eigenvalue weighted by atomic mass is 32.2. The van der Waals surface area contributed by atoms with Gasteiger partial charge in [0.1, 0.15) is 11.8 Å². The van der Waals surface area contributed by atoms with Gasteiger partial charge in [-0.3, -0.25) is 14.9 Å². The number of amides is 3. The Bertz CT molecular complexity index is 1020. The molecule has 2 atom stereocenters. The summed E-state index contributed by atoms with van der Waals surface area (Å²) in [7, 11) is -1.27. The lowest BCUT2D eigenvalue weighted by Crippen LogP contribution is -2.44. The Morgan fingerprint density at radius 1 is 0.968 bits per heavy atom. The number of sulfonamides is 1. The van der Waals surface area contributed by atoms with Crippen LogP contribution in [0.2, 0.25) is 0 Å². The fourth-order valence-corrected chi connectivity index (χ4v) is 3.65. The third-order valence-corrected chi connectivity index (χ3v) is 5.65. The van der Waals surface area contributed by atoms with Crippen molar-refractivity contribution in [2.24, 2.45) is 0 Å². The van der Waals surface area contributed by atoms with Crippen molar-refractivity contribution in [1.29, 1.82) is 0 Å². The highest BCUT2D eigenvalue weighted by Crippen LogP contribution is 2.19. The van der Waals surface area contributed by atoms with Crippen LogP contribution in [-0.2, 0) is 24.3 Å². The van der Waals surface area contributed by atoms with E-state index in [-0.39, 0.29) is 4.90 Å². The van der Waals surface area contributed by atoms with Crippen molar-refractivity contribution < 1.29 is 32.3 Å². The second-order valence-electron chi connectivity index (χ2n) is 6.31. The SMILES string of the molecule is CNC(=O)NC(=O)C(OC(=O)C(C)NS(=O)(=O)c1ccc(OC)cc1)c1ccccc1. The van der Waals surface area contributed by atoms with Gasteiger partial charge in [0, 0.05) is 12.6 Å². The first-order valence-electron chi connectivity index (χ1n) is 9.12. The molecule has 31 heavy (non-hydrogen) atoms. The molecule has 0 spiro atoms. The second kappa shape index (κ2) is 10.5. The molecule has 3 N–H and O–H groups in total. The Balaban J connectivity index is 2.16. The average Bonchev–Trinajstić information content (AvgIpc) is 2.77. The van der Waals surface area contributed by atoms with Gasteiger partial charge in [-0.15, -0.1) is 0 Å². The summed E-state index contributed by atoms with van der Waals surface area (Å²) in [6, 6.07) is 11.5. The zero-order chi connectivity index (χ0) is 23.0. The predicted molar refractivity (Wildman–Crippen MR) is 111 cm³/mol. The normalized spacial score (nSPS) is 12.9. The maximum absolute atomic E-state index is 12.5. The molecular formula is C20H23N3O7S. The predicted octanol–water partition coefficient (Wildman–Crippen LogP) is 1.10. The fourth-order valence-electron chi connectivity index (χ4n) is 2.46. The molecule has 2 unspecified atom stereocenters. The first kappa shape index (κ1) is 23.8. The van der Waals surface area contributed by atoms with Gasteiger partial charge >= 0.3 is 12.0 Å². The van der Waals surface area contributed by atoms with E-state index in [0.717, 1.165) is 0 Å². The molecule has 0 bridgehead atoms. The summed E-state index contributed by atoms with van der Waals surface area (Å²) in [6.45, 7) is 1.28. The largest absolute Gasteiger partial charge is 0.497 e. The van der Waals surface area contributed by atoms with E-state index in [1.807, 2.05) is 5.32 Å². The molecule has 0 radical (unpaired) electrons. The quantitative estimate of drug-likeness (QED) is 0.513. The van der Waals surface area contributed by atoms with Gasteiger partial charge in [0.05, 0.1) is 12.0 Å². The molecule has 2 aromatic rings. The number of imide groups is 1. The van der Waals surface area contributed by atoms with Crippen LogP contribution in [0.5, 0.6) is 5.75 Å². The number of ether oxygens (including phenoxy) is 2. The van der Waals surface area contributed by atoms with E-state index in [9.17, 15) is 22.8 Å². The number of rotatable bonds is 8. The number of esters is 1. The van der Waals surface area contributed by atoms with Crippen LogP contribution in [-0.4, -0.2) is 46.5 Å². The molecule has 0 aliphatic rings. The monoisotopic (exact) mass is 449 g/mol. The summed E-state index contributed by atoms with van der Waals surface area (Å²) in [5, 5.41) is 4.26. The number of carbonyl (C=O) groups excluding carboxylic acids is 3. The molecule has 0 fully saturated rings. The Morgan fingerprint density at radius 3 is 2.13 bits per heavy atom. The zero-order valence-corrected chi connectivity index (χ0v) is 17.9. The van der Waals surface area contributed by atoms with Crippen molar-refractivity contribution in [1.82, 2.24) is 15.4 Å². The molecule has 2 aromatic carbocycles. The van der Waals surface area contributed by atoms with Gasteiger partial charge in [-0.2, -0.15) is 4.72 Å². The van der Waals surface area contributed by atoms with E-state index >= 15 is 0 Å². The van der Waals surface area contributed by atoms with Gasteiger partial charge < -0.3 is 14.8 Å². The average molecular weight is 449 g/mol. The lowest BCUT2D eigenvalue weighted by atomic mass is 10.1. The van der Waals surface area contributed by atoms with Gasteiger partial charge in [-0.1, -0.05) is 30.3 Å². The summed E-state index contributed by atoms with van der Waals surface area (Å²) >= 11 is 0. The third kappa shape index (κ3) is 6.52. The first-order chi connectivity index (χ1) is 14.7. The Labute approximate surface area is 180 Å². The van der Waals surface area contributed by atoms with Crippen LogP contribution in [0, 0.1) is 0 Å². The molecule has 0 saturated carbocycles. The fraction of sp³-hybridized carbons (Fsp3) is 0.250. The number of benzene rings is 2. The minimum absolute atomic E-state index is 0.0788. The maximum atomic E-state index is 12.5. The summed E-state index contributed by atoms with van der Waals surface area (Å²) in [6.07, 6.45) is -1.46. The lowest BCUT2D eigenvalue weighted by molar-refractivity contribution is -0.157. The van der Waals surface area contributed by atoms with Crippen molar-refractivity contribution >= 4 is 27.9 Å². The van der Waals surface area contributed by atoms with Crippen molar-refractivity contribution in [2.75, 3.05) is 14.2 Å². The number of nitrogens with one attached hydrogen (secondary N) is 3. The molecule has 0 saturated heterocycles. The van der Waals surface area contributed by atoms with Crippen LogP contribution in [0.1, 0.15) is 18.6 Å². The van der Waals surface area contributed by atoms with Crippen molar-refractivity contribution in [3.8, 4) is 5.75 Å². The van der Waals surface area contributed by atoms with Gasteiger partial charge in [0.15, 0.2) is 0 Å². The summed E-state index contributed by atoms with van der Waals surface area (Å²) < 4.78 is 37.5. The van der Waals surface area contributed by atoms with Crippen LogP contribution in [0.4, 0.5) is 4.79 Å². The molecule has 3 amide bonds. The van der Waals surface area contributed by atoms with Gasteiger partial charge in [0.2, 0.25) is 16.1 Å². The highest BCUT2D eigenvalue weighted by Gasteiger charge is 2.30.